The van der Waals surface area contributed by atoms with Gasteiger partial charge in [0.1, 0.15) is 5.82 Å². The lowest BCUT2D eigenvalue weighted by atomic mass is 10.1. The fourth-order valence-corrected chi connectivity index (χ4v) is 4.84. The highest BCUT2D eigenvalue weighted by Crippen LogP contribution is 2.26. The summed E-state index contributed by atoms with van der Waals surface area (Å²) < 4.78 is 17.4. The van der Waals surface area contributed by atoms with E-state index >= 15 is 0 Å². The van der Waals surface area contributed by atoms with Crippen molar-refractivity contribution in [1.29, 1.82) is 0 Å². The normalized spacial score (nSPS) is 11.9. The minimum Gasteiger partial charge on any atom is -0.345 e. The molecule has 0 bridgehead atoms. The molecular weight excluding hydrogens is 549 g/mol. The van der Waals surface area contributed by atoms with E-state index < -0.39 is 17.5 Å². The predicted molar refractivity (Wildman–Crippen MR) is 164 cm³/mol. The molecule has 0 spiro atoms. The van der Waals surface area contributed by atoms with Gasteiger partial charge in [-0.2, -0.15) is 0 Å². The largest absolute Gasteiger partial charge is 0.345 e. The van der Waals surface area contributed by atoms with Gasteiger partial charge in [-0.05, 0) is 68.4 Å². The van der Waals surface area contributed by atoms with Crippen LogP contribution < -0.4 is 16.2 Å². The van der Waals surface area contributed by atoms with Gasteiger partial charge in [0.05, 0.1) is 41.9 Å². The van der Waals surface area contributed by atoms with Crippen LogP contribution >= 0.6 is 0 Å². The van der Waals surface area contributed by atoms with E-state index in [1.807, 2.05) is 23.8 Å². The van der Waals surface area contributed by atoms with Gasteiger partial charge >= 0.3 is 0 Å². The number of hydrogen-bond donors (Lipinski definition) is 2. The maximum Gasteiger partial charge on any atom is 0.294 e. The topological polar surface area (TPSA) is 114 Å². The van der Waals surface area contributed by atoms with Crippen molar-refractivity contribution in [3.63, 3.8) is 0 Å². The summed E-state index contributed by atoms with van der Waals surface area (Å²) in [6.07, 6.45) is 6.78. The molecule has 0 saturated carbocycles. The van der Waals surface area contributed by atoms with Crippen LogP contribution in [0, 0.1) is 12.7 Å². The van der Waals surface area contributed by atoms with Gasteiger partial charge in [0, 0.05) is 43.0 Å². The number of aryl methyl sites for hydroxylation is 1. The summed E-state index contributed by atoms with van der Waals surface area (Å²) in [5, 5.41) is 6.26. The number of halogens is 1. The van der Waals surface area contributed by atoms with Crippen molar-refractivity contribution in [1.82, 2.24) is 29.3 Å². The number of rotatable bonds is 8. The first-order valence-corrected chi connectivity index (χ1v) is 13.7. The molecule has 0 aliphatic heterocycles. The van der Waals surface area contributed by atoms with Crippen LogP contribution in [0.3, 0.4) is 0 Å². The van der Waals surface area contributed by atoms with Crippen LogP contribution in [0.15, 0.2) is 78.1 Å². The molecule has 1 atom stereocenters. The van der Waals surface area contributed by atoms with E-state index in [2.05, 4.69) is 20.6 Å². The van der Waals surface area contributed by atoms with Gasteiger partial charge in [-0.15, -0.1) is 0 Å². The summed E-state index contributed by atoms with van der Waals surface area (Å²) in [6.45, 7) is 3.69. The first kappa shape index (κ1) is 29.3. The van der Waals surface area contributed by atoms with Crippen LogP contribution in [0.25, 0.3) is 27.8 Å². The highest BCUT2D eigenvalue weighted by molar-refractivity contribution is 5.95. The second-order valence-corrected chi connectivity index (χ2v) is 10.6. The Morgan fingerprint density at radius 1 is 1.07 bits per heavy atom. The van der Waals surface area contributed by atoms with Crippen LogP contribution in [0.4, 0.5) is 10.2 Å². The summed E-state index contributed by atoms with van der Waals surface area (Å²) >= 11 is 0. The zero-order chi connectivity index (χ0) is 30.8. The Hall–Kier alpha value is -5.16. The summed E-state index contributed by atoms with van der Waals surface area (Å²) in [4.78, 5) is 49.3. The molecule has 2 aromatic carbocycles. The number of hydrogen-bond acceptors (Lipinski definition) is 6. The summed E-state index contributed by atoms with van der Waals surface area (Å²) in [5.41, 5.74) is 4.19. The smallest absolute Gasteiger partial charge is 0.294 e. The van der Waals surface area contributed by atoms with E-state index in [4.69, 9.17) is 0 Å². The fraction of sp³-hybridized carbons (Fsp3) is 0.219. The molecule has 0 radical (unpaired) electrons. The molecule has 11 heteroatoms. The van der Waals surface area contributed by atoms with Crippen LogP contribution in [-0.2, 0) is 11.3 Å². The molecule has 0 aliphatic carbocycles. The number of pyridine rings is 1. The van der Waals surface area contributed by atoms with E-state index in [0.29, 0.717) is 22.4 Å². The van der Waals surface area contributed by atoms with Crippen molar-refractivity contribution >= 4 is 28.5 Å². The summed E-state index contributed by atoms with van der Waals surface area (Å²) in [6, 6.07) is 12.9. The Labute approximate surface area is 247 Å². The maximum atomic E-state index is 13.9. The lowest BCUT2D eigenvalue weighted by molar-refractivity contribution is -0.117. The van der Waals surface area contributed by atoms with Crippen molar-refractivity contribution in [3.8, 4) is 16.9 Å². The Morgan fingerprint density at radius 2 is 1.86 bits per heavy atom. The van der Waals surface area contributed by atoms with Gasteiger partial charge in [-0.3, -0.25) is 23.9 Å². The standard InChI is InChI=1S/C32H32FN7O3/c1-19-17-39(27-10-9-24(33)13-26(19)27)25-11-21(14-35-15-25)18-40-28(22-7-6-8-23(12-22)31(42)38(4)5)16-36-29(32(40)43)37-30(41)20(2)34-3/h6-17,20,34H,18H2,1-5H3,(H,36,37,41)/t20-/m0/s1. The van der Waals surface area contributed by atoms with E-state index in [1.165, 1.54) is 27.8 Å². The van der Waals surface area contributed by atoms with Crippen molar-refractivity contribution in [2.45, 2.75) is 26.4 Å². The number of aromatic nitrogens is 4. The van der Waals surface area contributed by atoms with Crippen molar-refractivity contribution in [3.05, 3.63) is 106 Å². The van der Waals surface area contributed by atoms with E-state index in [9.17, 15) is 18.8 Å². The van der Waals surface area contributed by atoms with Gasteiger partial charge < -0.3 is 20.1 Å². The lowest BCUT2D eigenvalue weighted by Gasteiger charge is -2.17. The SMILES string of the molecule is CN[C@@H](C)C(=O)Nc1ncc(-c2cccc(C(=O)N(C)C)c2)n(Cc2cncc(-n3cc(C)c4cc(F)ccc43)c2)c1=O. The molecule has 0 aliphatic rings. The van der Waals surface area contributed by atoms with Crippen molar-refractivity contribution in [2.75, 3.05) is 26.5 Å². The Bertz CT molecular complexity index is 1910. The molecule has 43 heavy (non-hydrogen) atoms. The zero-order valence-electron chi connectivity index (χ0n) is 24.6. The Balaban J connectivity index is 1.61. The predicted octanol–water partition coefficient (Wildman–Crippen LogP) is 3.99. The number of fused-ring (bicyclic) bond motifs is 1. The third-order valence-electron chi connectivity index (χ3n) is 7.30. The van der Waals surface area contributed by atoms with Gasteiger partial charge in [0.2, 0.25) is 5.91 Å². The first-order valence-electron chi connectivity index (χ1n) is 13.7. The number of anilines is 1. The van der Waals surface area contributed by atoms with Crippen molar-refractivity contribution < 1.29 is 14.0 Å². The molecule has 220 valence electrons. The number of likely N-dealkylation sites (N-methyl/N-ethyl adjacent to an activating group) is 1. The molecule has 2 N–H and O–H groups in total. The third kappa shape index (κ3) is 5.93. The van der Waals surface area contributed by atoms with Crippen molar-refractivity contribution in [2.24, 2.45) is 0 Å². The van der Waals surface area contributed by atoms with E-state index in [-0.39, 0.29) is 24.1 Å². The average molecular weight is 582 g/mol. The molecule has 5 aromatic rings. The highest BCUT2D eigenvalue weighted by Gasteiger charge is 2.19. The van der Waals surface area contributed by atoms with E-state index in [0.717, 1.165) is 22.2 Å². The molecule has 3 aromatic heterocycles. The van der Waals surface area contributed by atoms with Crippen LogP contribution in [0.5, 0.6) is 0 Å². The highest BCUT2D eigenvalue weighted by atomic mass is 19.1. The van der Waals surface area contributed by atoms with E-state index in [1.54, 1.807) is 70.8 Å². The van der Waals surface area contributed by atoms with Gasteiger partial charge in [-0.25, -0.2) is 9.37 Å². The number of benzene rings is 2. The third-order valence-corrected chi connectivity index (χ3v) is 7.30. The molecule has 2 amide bonds. The number of carbonyl (C=O) groups excluding carboxylic acids is 2. The molecule has 0 fully saturated rings. The maximum absolute atomic E-state index is 13.9. The van der Waals surface area contributed by atoms with Gasteiger partial charge in [0.25, 0.3) is 11.5 Å². The minimum absolute atomic E-state index is 0.0979. The molecule has 5 rings (SSSR count). The van der Waals surface area contributed by atoms with Gasteiger partial charge in [-0.1, -0.05) is 12.1 Å². The van der Waals surface area contributed by atoms with Crippen LogP contribution in [-0.4, -0.2) is 63.0 Å². The lowest BCUT2D eigenvalue weighted by Crippen LogP contribution is -2.38. The summed E-state index contributed by atoms with van der Waals surface area (Å²) in [5.74, 6) is -1.01. The number of carbonyl (C=O) groups is 2. The quantitative estimate of drug-likeness (QED) is 0.287. The Kier molecular flexibility index (Phi) is 8.18. The molecule has 3 heterocycles. The fourth-order valence-electron chi connectivity index (χ4n) is 4.84. The average Bonchev–Trinajstić information content (AvgIpc) is 3.33. The number of nitrogens with one attached hydrogen (secondary N) is 2. The Morgan fingerprint density at radius 3 is 2.60 bits per heavy atom. The molecular formula is C32H32FN7O3. The molecule has 10 nitrogen and oxygen atoms in total. The first-order chi connectivity index (χ1) is 20.6. The molecule has 0 unspecified atom stereocenters. The summed E-state index contributed by atoms with van der Waals surface area (Å²) in [7, 11) is 4.98. The molecule has 0 saturated heterocycles. The van der Waals surface area contributed by atoms with Crippen LogP contribution in [0.1, 0.15) is 28.4 Å². The number of nitrogens with zero attached hydrogens (tertiary/aromatic N) is 5. The van der Waals surface area contributed by atoms with Gasteiger partial charge in [0.15, 0.2) is 5.82 Å². The minimum atomic E-state index is -0.544. The second-order valence-electron chi connectivity index (χ2n) is 10.6. The monoisotopic (exact) mass is 581 g/mol. The number of amides is 2. The second kappa shape index (κ2) is 12.0. The van der Waals surface area contributed by atoms with Crippen LogP contribution in [0.2, 0.25) is 0 Å². The zero-order valence-corrected chi connectivity index (χ0v) is 24.6.